The van der Waals surface area contributed by atoms with E-state index < -0.39 is 34.3 Å². The van der Waals surface area contributed by atoms with E-state index >= 15 is 0 Å². The van der Waals surface area contributed by atoms with Crippen LogP contribution in [0, 0.1) is 5.82 Å². The maximum atomic E-state index is 14.1. The van der Waals surface area contributed by atoms with Gasteiger partial charge in [-0.1, -0.05) is 44.2 Å². The number of sulfonamides is 1. The highest BCUT2D eigenvalue weighted by Gasteiger charge is 2.33. The maximum absolute atomic E-state index is 14.1. The molecular formula is C32H40FN3O5S. The molecule has 0 fully saturated rings. The normalized spacial score (nSPS) is 12.7. The summed E-state index contributed by atoms with van der Waals surface area (Å²) in [7, 11) is -4.29. The van der Waals surface area contributed by atoms with Crippen LogP contribution >= 0.6 is 0 Å². The summed E-state index contributed by atoms with van der Waals surface area (Å²) in [5.41, 5.74) is 1.21. The molecule has 10 heteroatoms. The topological polar surface area (TPSA) is 96.0 Å². The van der Waals surface area contributed by atoms with E-state index in [0.717, 1.165) is 40.6 Å². The van der Waals surface area contributed by atoms with Crippen LogP contribution in [0.5, 0.6) is 5.75 Å². The summed E-state index contributed by atoms with van der Waals surface area (Å²) in [6.07, 6.45) is 1.55. The van der Waals surface area contributed by atoms with Gasteiger partial charge in [-0.15, -0.1) is 0 Å². The third-order valence-electron chi connectivity index (χ3n) is 6.99. The third-order valence-corrected chi connectivity index (χ3v) is 8.78. The van der Waals surface area contributed by atoms with Gasteiger partial charge in [0.05, 0.1) is 17.2 Å². The molecule has 3 aromatic rings. The molecule has 0 heterocycles. The van der Waals surface area contributed by atoms with Crippen LogP contribution in [0.15, 0.2) is 83.8 Å². The summed E-state index contributed by atoms with van der Waals surface area (Å²) >= 11 is 0. The summed E-state index contributed by atoms with van der Waals surface area (Å²) in [5, 5.41) is 2.96. The van der Waals surface area contributed by atoms with Gasteiger partial charge in [0.25, 0.3) is 10.0 Å². The lowest BCUT2D eigenvalue weighted by Crippen LogP contribution is -2.54. The summed E-state index contributed by atoms with van der Waals surface area (Å²) in [6.45, 7) is 7.59. The van der Waals surface area contributed by atoms with E-state index in [2.05, 4.69) is 5.32 Å². The van der Waals surface area contributed by atoms with Crippen molar-refractivity contribution < 1.29 is 27.1 Å². The van der Waals surface area contributed by atoms with Crippen molar-refractivity contribution in [1.82, 2.24) is 10.2 Å². The second kappa shape index (κ2) is 15.3. The zero-order chi connectivity index (χ0) is 30.7. The number of nitrogens with one attached hydrogen (secondary N) is 1. The van der Waals surface area contributed by atoms with E-state index in [0.29, 0.717) is 25.2 Å². The summed E-state index contributed by atoms with van der Waals surface area (Å²) in [5.74, 6) is -0.856. The van der Waals surface area contributed by atoms with Crippen LogP contribution in [-0.4, -0.2) is 56.9 Å². The molecule has 8 nitrogen and oxygen atoms in total. The first kappa shape index (κ1) is 32.6. The first-order chi connectivity index (χ1) is 20.1. The molecule has 2 amide bonds. The highest BCUT2D eigenvalue weighted by molar-refractivity contribution is 7.92. The Bertz CT molecular complexity index is 1400. The van der Waals surface area contributed by atoms with Crippen LogP contribution < -0.4 is 14.4 Å². The number of carbonyl (C=O) groups is 2. The Labute approximate surface area is 248 Å². The number of benzene rings is 3. The lowest BCUT2D eigenvalue weighted by atomic mass is 10.1. The van der Waals surface area contributed by atoms with Crippen molar-refractivity contribution in [2.45, 2.75) is 63.9 Å². The van der Waals surface area contributed by atoms with Gasteiger partial charge >= 0.3 is 0 Å². The van der Waals surface area contributed by atoms with E-state index in [4.69, 9.17) is 4.74 Å². The van der Waals surface area contributed by atoms with Crippen LogP contribution in [0.1, 0.15) is 46.1 Å². The molecule has 3 aromatic carbocycles. The molecule has 2 atom stereocenters. The minimum absolute atomic E-state index is 0.0863. The molecule has 0 aliphatic rings. The van der Waals surface area contributed by atoms with Gasteiger partial charge in [0.15, 0.2) is 0 Å². The van der Waals surface area contributed by atoms with Gasteiger partial charge in [-0.2, -0.15) is 0 Å². The average molecular weight is 598 g/mol. The number of anilines is 1. The van der Waals surface area contributed by atoms with E-state index in [-0.39, 0.29) is 29.1 Å². The molecule has 0 radical (unpaired) electrons. The van der Waals surface area contributed by atoms with Gasteiger partial charge in [0.2, 0.25) is 11.8 Å². The first-order valence-corrected chi connectivity index (χ1v) is 15.7. The minimum atomic E-state index is -4.29. The molecule has 2 unspecified atom stereocenters. The van der Waals surface area contributed by atoms with Crippen LogP contribution in [-0.2, 0) is 26.0 Å². The lowest BCUT2D eigenvalue weighted by molar-refractivity contribution is -0.139. The van der Waals surface area contributed by atoms with Crippen molar-refractivity contribution in [1.29, 1.82) is 0 Å². The van der Waals surface area contributed by atoms with Crippen molar-refractivity contribution in [3.8, 4) is 5.75 Å². The van der Waals surface area contributed by atoms with E-state index in [1.165, 1.54) is 4.90 Å². The Kier molecular flexibility index (Phi) is 11.9. The number of hydrogen-bond acceptors (Lipinski definition) is 5. The fourth-order valence-corrected chi connectivity index (χ4v) is 5.89. The van der Waals surface area contributed by atoms with Crippen molar-refractivity contribution in [2.24, 2.45) is 0 Å². The highest BCUT2D eigenvalue weighted by atomic mass is 32.2. The zero-order valence-corrected chi connectivity index (χ0v) is 25.4. The molecule has 3 rings (SSSR count). The largest absolute Gasteiger partial charge is 0.494 e. The van der Waals surface area contributed by atoms with Gasteiger partial charge in [-0.25, -0.2) is 12.8 Å². The van der Waals surface area contributed by atoms with Crippen LogP contribution in [0.4, 0.5) is 10.1 Å². The Morgan fingerprint density at radius 1 is 0.905 bits per heavy atom. The zero-order valence-electron chi connectivity index (χ0n) is 24.6. The molecule has 0 spiro atoms. The number of nitrogens with zero attached hydrogens (tertiary/aromatic N) is 2. The number of rotatable bonds is 15. The lowest BCUT2D eigenvalue weighted by Gasteiger charge is -2.33. The SMILES string of the molecule is CCOc1ccc(N(CC(=O)N(CCc2ccccc2)C(CC)C(=O)NC(C)CC)S(=O)(=O)c2ccc(F)cc2)cc1. The number of hydrogen-bond donors (Lipinski definition) is 1. The third kappa shape index (κ3) is 8.55. The molecular weight excluding hydrogens is 557 g/mol. The van der Waals surface area contributed by atoms with Crippen LogP contribution in [0.2, 0.25) is 0 Å². The molecule has 42 heavy (non-hydrogen) atoms. The maximum Gasteiger partial charge on any atom is 0.264 e. The number of ether oxygens (including phenoxy) is 1. The fourth-order valence-electron chi connectivity index (χ4n) is 4.47. The molecule has 0 saturated carbocycles. The van der Waals surface area contributed by atoms with E-state index in [1.807, 2.05) is 58.0 Å². The van der Waals surface area contributed by atoms with Gasteiger partial charge in [0, 0.05) is 12.6 Å². The Balaban J connectivity index is 2.01. The molecule has 0 aliphatic carbocycles. The summed E-state index contributed by atoms with van der Waals surface area (Å²) in [4.78, 5) is 28.7. The molecule has 0 saturated heterocycles. The molecule has 0 aromatic heterocycles. The first-order valence-electron chi connectivity index (χ1n) is 14.3. The second-order valence-electron chi connectivity index (χ2n) is 9.96. The van der Waals surface area contributed by atoms with Gasteiger partial charge < -0.3 is 15.0 Å². The van der Waals surface area contributed by atoms with Crippen LogP contribution in [0.3, 0.4) is 0 Å². The molecule has 1 N–H and O–H groups in total. The quantitative estimate of drug-likeness (QED) is 0.260. The van der Waals surface area contributed by atoms with E-state index in [1.54, 1.807) is 24.3 Å². The number of carbonyl (C=O) groups excluding carboxylic acids is 2. The van der Waals surface area contributed by atoms with Gasteiger partial charge in [-0.05, 0) is 87.2 Å². The Morgan fingerprint density at radius 2 is 1.55 bits per heavy atom. The Morgan fingerprint density at radius 3 is 2.12 bits per heavy atom. The molecule has 0 bridgehead atoms. The van der Waals surface area contributed by atoms with Crippen molar-refractivity contribution >= 4 is 27.5 Å². The molecule has 226 valence electrons. The minimum Gasteiger partial charge on any atom is -0.494 e. The van der Waals surface area contributed by atoms with Gasteiger partial charge in [-0.3, -0.25) is 13.9 Å². The predicted molar refractivity (Wildman–Crippen MR) is 162 cm³/mol. The fraction of sp³-hybridized carbons (Fsp3) is 0.375. The van der Waals surface area contributed by atoms with E-state index in [9.17, 15) is 22.4 Å². The Hall–Kier alpha value is -3.92. The van der Waals surface area contributed by atoms with Crippen molar-refractivity contribution in [3.05, 3.63) is 90.2 Å². The highest BCUT2D eigenvalue weighted by Crippen LogP contribution is 2.27. The van der Waals surface area contributed by atoms with Crippen molar-refractivity contribution in [2.75, 3.05) is 24.0 Å². The van der Waals surface area contributed by atoms with Gasteiger partial charge in [0.1, 0.15) is 24.2 Å². The summed E-state index contributed by atoms with van der Waals surface area (Å²) in [6, 6.07) is 19.5. The van der Waals surface area contributed by atoms with Crippen LogP contribution in [0.25, 0.3) is 0 Å². The smallest absolute Gasteiger partial charge is 0.264 e. The standard InChI is InChI=1S/C32H40FN3O5S/c1-5-24(4)34-32(38)30(6-2)35(22-21-25-11-9-8-10-12-25)31(37)23-36(27-15-17-28(18-16-27)41-7-3)42(39,40)29-19-13-26(33)14-20-29/h8-20,24,30H,5-7,21-23H2,1-4H3,(H,34,38). The number of amides is 2. The number of halogens is 1. The monoisotopic (exact) mass is 597 g/mol. The summed E-state index contributed by atoms with van der Waals surface area (Å²) < 4.78 is 47.9. The predicted octanol–water partition coefficient (Wildman–Crippen LogP) is 5.18. The van der Waals surface area contributed by atoms with Crippen molar-refractivity contribution in [3.63, 3.8) is 0 Å². The second-order valence-corrected chi connectivity index (χ2v) is 11.8. The molecule has 0 aliphatic heterocycles. The average Bonchev–Trinajstić information content (AvgIpc) is 2.99.